The number of unbranched alkanes of at least 4 members (excludes halogenated alkanes) is 2. The summed E-state index contributed by atoms with van der Waals surface area (Å²) in [5, 5.41) is 3.44. The molecule has 0 bridgehead atoms. The van der Waals surface area contributed by atoms with Crippen LogP contribution in [0.4, 0.5) is 5.69 Å². The molecule has 112 valence electrons. The standard InChI is InChI=1S/C19H26N2/c1-2-3-5-10-19(20)17-11-13-18(14-12-17)21-15-16-8-6-4-7-9-16/h4,6-9,11-14,19,21H,2-3,5,10,15,20H2,1H3/t19-/m1/s1. The predicted molar refractivity (Wildman–Crippen MR) is 91.3 cm³/mol. The van der Waals surface area contributed by atoms with E-state index in [1.165, 1.54) is 30.4 Å². The van der Waals surface area contributed by atoms with Crippen LogP contribution in [0.1, 0.15) is 49.8 Å². The monoisotopic (exact) mass is 282 g/mol. The zero-order valence-corrected chi connectivity index (χ0v) is 12.9. The van der Waals surface area contributed by atoms with Crippen LogP contribution in [0.25, 0.3) is 0 Å². The van der Waals surface area contributed by atoms with Crippen LogP contribution < -0.4 is 11.1 Å². The molecule has 1 atom stereocenters. The Bertz CT molecular complexity index is 505. The Labute approximate surface area is 128 Å². The number of nitrogens with one attached hydrogen (secondary N) is 1. The number of hydrogen-bond donors (Lipinski definition) is 2. The highest BCUT2D eigenvalue weighted by Crippen LogP contribution is 2.19. The summed E-state index contributed by atoms with van der Waals surface area (Å²) in [5.74, 6) is 0. The topological polar surface area (TPSA) is 38.0 Å². The lowest BCUT2D eigenvalue weighted by Crippen LogP contribution is -2.10. The summed E-state index contributed by atoms with van der Waals surface area (Å²) in [7, 11) is 0. The second kappa shape index (κ2) is 8.48. The Balaban J connectivity index is 1.84. The average molecular weight is 282 g/mol. The molecule has 0 spiro atoms. The van der Waals surface area contributed by atoms with E-state index >= 15 is 0 Å². The minimum atomic E-state index is 0.166. The van der Waals surface area contributed by atoms with E-state index in [0.717, 1.165) is 18.7 Å². The summed E-state index contributed by atoms with van der Waals surface area (Å²) >= 11 is 0. The molecule has 2 heteroatoms. The van der Waals surface area contributed by atoms with Gasteiger partial charge in [0.05, 0.1) is 0 Å². The van der Waals surface area contributed by atoms with Gasteiger partial charge in [-0.25, -0.2) is 0 Å². The zero-order chi connectivity index (χ0) is 14.9. The van der Waals surface area contributed by atoms with Crippen LogP contribution in [0.5, 0.6) is 0 Å². The molecule has 0 unspecified atom stereocenters. The van der Waals surface area contributed by atoms with Gasteiger partial charge in [-0.1, -0.05) is 68.7 Å². The lowest BCUT2D eigenvalue weighted by molar-refractivity contribution is 0.581. The minimum Gasteiger partial charge on any atom is -0.381 e. The maximum atomic E-state index is 6.23. The number of rotatable bonds is 8. The van der Waals surface area contributed by atoms with Crippen molar-refractivity contribution < 1.29 is 0 Å². The Morgan fingerprint density at radius 3 is 2.33 bits per heavy atom. The highest BCUT2D eigenvalue weighted by molar-refractivity contribution is 5.45. The summed E-state index contributed by atoms with van der Waals surface area (Å²) in [4.78, 5) is 0. The maximum absolute atomic E-state index is 6.23. The third-order valence-corrected chi connectivity index (χ3v) is 3.80. The maximum Gasteiger partial charge on any atom is 0.0400 e. The number of anilines is 1. The smallest absolute Gasteiger partial charge is 0.0400 e. The second-order valence-electron chi connectivity index (χ2n) is 5.56. The summed E-state index contributed by atoms with van der Waals surface area (Å²) in [6.45, 7) is 3.07. The predicted octanol–water partition coefficient (Wildman–Crippen LogP) is 4.88. The molecule has 0 saturated heterocycles. The number of nitrogens with two attached hydrogens (primary N) is 1. The van der Waals surface area contributed by atoms with E-state index in [9.17, 15) is 0 Å². The molecular formula is C19H26N2. The Hall–Kier alpha value is -1.80. The van der Waals surface area contributed by atoms with Gasteiger partial charge in [0.25, 0.3) is 0 Å². The molecule has 21 heavy (non-hydrogen) atoms. The van der Waals surface area contributed by atoms with Gasteiger partial charge in [-0.2, -0.15) is 0 Å². The van der Waals surface area contributed by atoms with Crippen LogP contribution in [0.15, 0.2) is 54.6 Å². The molecule has 0 amide bonds. The van der Waals surface area contributed by atoms with Crippen LogP contribution in [-0.4, -0.2) is 0 Å². The molecule has 2 aromatic carbocycles. The molecule has 3 N–H and O–H groups in total. The van der Waals surface area contributed by atoms with Gasteiger partial charge in [-0.3, -0.25) is 0 Å². The van der Waals surface area contributed by atoms with E-state index < -0.39 is 0 Å². The summed E-state index contributed by atoms with van der Waals surface area (Å²) in [6.07, 6.45) is 4.80. The van der Waals surface area contributed by atoms with Crippen molar-refractivity contribution in [2.75, 3.05) is 5.32 Å². The molecule has 0 radical (unpaired) electrons. The molecule has 0 aliphatic rings. The number of hydrogen-bond acceptors (Lipinski definition) is 2. The summed E-state index contributed by atoms with van der Waals surface area (Å²) in [5.41, 5.74) is 9.89. The normalized spacial score (nSPS) is 12.1. The first-order valence-corrected chi connectivity index (χ1v) is 7.93. The Morgan fingerprint density at radius 2 is 1.67 bits per heavy atom. The fraction of sp³-hybridized carbons (Fsp3) is 0.368. The van der Waals surface area contributed by atoms with Crippen LogP contribution in [0, 0.1) is 0 Å². The third-order valence-electron chi connectivity index (χ3n) is 3.80. The van der Waals surface area contributed by atoms with E-state index in [-0.39, 0.29) is 6.04 Å². The van der Waals surface area contributed by atoms with Gasteiger partial charge in [0.15, 0.2) is 0 Å². The highest BCUT2D eigenvalue weighted by Gasteiger charge is 2.05. The van der Waals surface area contributed by atoms with Crippen LogP contribution in [0.3, 0.4) is 0 Å². The van der Waals surface area contributed by atoms with Crippen molar-refractivity contribution in [2.45, 2.75) is 45.2 Å². The molecule has 2 rings (SSSR count). The van der Waals surface area contributed by atoms with Crippen molar-refractivity contribution in [3.05, 3.63) is 65.7 Å². The van der Waals surface area contributed by atoms with Gasteiger partial charge in [0.1, 0.15) is 0 Å². The van der Waals surface area contributed by atoms with Gasteiger partial charge in [-0.15, -0.1) is 0 Å². The van der Waals surface area contributed by atoms with E-state index in [0.29, 0.717) is 0 Å². The van der Waals surface area contributed by atoms with Gasteiger partial charge < -0.3 is 11.1 Å². The lowest BCUT2D eigenvalue weighted by Gasteiger charge is -2.13. The zero-order valence-electron chi connectivity index (χ0n) is 12.9. The first-order valence-electron chi connectivity index (χ1n) is 7.93. The van der Waals surface area contributed by atoms with Crippen molar-refractivity contribution in [1.29, 1.82) is 0 Å². The fourth-order valence-corrected chi connectivity index (χ4v) is 2.43. The molecule has 0 saturated carbocycles. The SMILES string of the molecule is CCCCC[C@@H](N)c1ccc(NCc2ccccc2)cc1. The largest absolute Gasteiger partial charge is 0.381 e. The van der Waals surface area contributed by atoms with Gasteiger partial charge in [0, 0.05) is 18.3 Å². The Morgan fingerprint density at radius 1 is 0.952 bits per heavy atom. The molecule has 0 fully saturated rings. The van der Waals surface area contributed by atoms with Gasteiger partial charge in [-0.05, 0) is 29.7 Å². The molecule has 2 nitrogen and oxygen atoms in total. The van der Waals surface area contributed by atoms with Gasteiger partial charge >= 0.3 is 0 Å². The Kier molecular flexibility index (Phi) is 6.29. The third kappa shape index (κ3) is 5.24. The first kappa shape index (κ1) is 15.6. The molecule has 0 heterocycles. The fourth-order valence-electron chi connectivity index (χ4n) is 2.43. The highest BCUT2D eigenvalue weighted by atomic mass is 14.9. The van der Waals surface area contributed by atoms with E-state index in [2.05, 4.69) is 60.8 Å². The van der Waals surface area contributed by atoms with Crippen molar-refractivity contribution in [1.82, 2.24) is 0 Å². The van der Waals surface area contributed by atoms with Crippen molar-refractivity contribution in [3.63, 3.8) is 0 Å². The molecule has 2 aromatic rings. The molecule has 0 aromatic heterocycles. The molecular weight excluding hydrogens is 256 g/mol. The average Bonchev–Trinajstić information content (AvgIpc) is 2.54. The van der Waals surface area contributed by atoms with E-state index in [1.807, 2.05) is 6.07 Å². The number of benzene rings is 2. The van der Waals surface area contributed by atoms with E-state index in [4.69, 9.17) is 5.73 Å². The van der Waals surface area contributed by atoms with Crippen LogP contribution in [-0.2, 0) is 6.54 Å². The van der Waals surface area contributed by atoms with Crippen LogP contribution in [0.2, 0.25) is 0 Å². The second-order valence-corrected chi connectivity index (χ2v) is 5.56. The lowest BCUT2D eigenvalue weighted by atomic mass is 10.0. The quantitative estimate of drug-likeness (QED) is 0.677. The summed E-state index contributed by atoms with van der Waals surface area (Å²) in [6, 6.07) is 19.1. The first-order chi connectivity index (χ1) is 10.3. The molecule has 0 aliphatic carbocycles. The van der Waals surface area contributed by atoms with Crippen LogP contribution >= 0.6 is 0 Å². The van der Waals surface area contributed by atoms with E-state index in [1.54, 1.807) is 0 Å². The summed E-state index contributed by atoms with van der Waals surface area (Å²) < 4.78 is 0. The minimum absolute atomic E-state index is 0.166. The van der Waals surface area contributed by atoms with Crippen molar-refractivity contribution in [3.8, 4) is 0 Å². The molecule has 0 aliphatic heterocycles. The van der Waals surface area contributed by atoms with Crippen molar-refractivity contribution in [2.24, 2.45) is 5.73 Å². The van der Waals surface area contributed by atoms with Crippen molar-refractivity contribution >= 4 is 5.69 Å². The van der Waals surface area contributed by atoms with Gasteiger partial charge in [0.2, 0.25) is 0 Å².